The lowest BCUT2D eigenvalue weighted by Crippen LogP contribution is -2.46. The van der Waals surface area contributed by atoms with E-state index in [9.17, 15) is 4.79 Å². The molecule has 1 amide bonds. The van der Waals surface area contributed by atoms with Crippen molar-refractivity contribution in [3.8, 4) is 11.5 Å². The molecule has 5 nitrogen and oxygen atoms in total. The van der Waals surface area contributed by atoms with Crippen molar-refractivity contribution in [2.75, 3.05) is 46.4 Å². The maximum atomic E-state index is 12.7. The zero-order valence-electron chi connectivity index (χ0n) is 15.8. The summed E-state index contributed by atoms with van der Waals surface area (Å²) in [6.45, 7) is 5.52. The summed E-state index contributed by atoms with van der Waals surface area (Å²) in [5.41, 5.74) is 0.313. The monoisotopic (exact) mass is 358 g/mol. The van der Waals surface area contributed by atoms with Gasteiger partial charge in [-0.1, -0.05) is 12.1 Å². The van der Waals surface area contributed by atoms with E-state index in [4.69, 9.17) is 9.47 Å². The van der Waals surface area contributed by atoms with Gasteiger partial charge >= 0.3 is 0 Å². The van der Waals surface area contributed by atoms with Gasteiger partial charge in [0.1, 0.15) is 0 Å². The van der Waals surface area contributed by atoms with E-state index in [2.05, 4.69) is 4.90 Å². The van der Waals surface area contributed by atoms with Crippen LogP contribution in [0.3, 0.4) is 0 Å². The lowest BCUT2D eigenvalue weighted by Gasteiger charge is -2.40. The first-order chi connectivity index (χ1) is 12.7. The molecule has 1 atom stereocenters. The van der Waals surface area contributed by atoms with Gasteiger partial charge in [-0.05, 0) is 56.7 Å². The van der Waals surface area contributed by atoms with Gasteiger partial charge in [-0.25, -0.2) is 0 Å². The number of hydrogen-bond acceptors (Lipinski definition) is 4. The Bertz CT molecular complexity index is 646. The number of carbonyl (C=O) groups excluding carboxylic acids is 1. The van der Waals surface area contributed by atoms with E-state index in [1.807, 2.05) is 29.2 Å². The molecule has 1 aliphatic carbocycles. The fraction of sp³-hybridized carbons (Fsp3) is 0.667. The minimum absolute atomic E-state index is 0.0856. The summed E-state index contributed by atoms with van der Waals surface area (Å²) in [6, 6.07) is 7.48. The molecule has 0 N–H and O–H groups in total. The number of benzene rings is 1. The molecule has 3 fully saturated rings. The summed E-state index contributed by atoms with van der Waals surface area (Å²) in [5, 5.41) is 0. The molecule has 142 valence electrons. The van der Waals surface area contributed by atoms with Crippen LogP contribution in [0, 0.1) is 11.3 Å². The molecule has 3 aliphatic rings. The Morgan fingerprint density at radius 3 is 2.73 bits per heavy atom. The summed E-state index contributed by atoms with van der Waals surface area (Å²) in [7, 11) is 1.62. The highest BCUT2D eigenvalue weighted by molar-refractivity contribution is 5.78. The number of carbonyl (C=O) groups is 1. The zero-order chi connectivity index (χ0) is 18.0. The van der Waals surface area contributed by atoms with Crippen molar-refractivity contribution in [2.45, 2.75) is 32.1 Å². The number of piperidine rings is 1. The van der Waals surface area contributed by atoms with Gasteiger partial charge in [0.05, 0.1) is 7.11 Å². The van der Waals surface area contributed by atoms with Crippen molar-refractivity contribution < 1.29 is 14.3 Å². The van der Waals surface area contributed by atoms with Crippen molar-refractivity contribution in [1.29, 1.82) is 0 Å². The van der Waals surface area contributed by atoms with Gasteiger partial charge < -0.3 is 19.3 Å². The Balaban J connectivity index is 1.30. The van der Waals surface area contributed by atoms with Crippen molar-refractivity contribution >= 4 is 5.91 Å². The normalized spacial score (nSPS) is 26.3. The van der Waals surface area contributed by atoms with E-state index >= 15 is 0 Å². The molecule has 2 saturated heterocycles. The van der Waals surface area contributed by atoms with E-state index < -0.39 is 0 Å². The summed E-state index contributed by atoms with van der Waals surface area (Å²) in [5.74, 6) is 2.33. The molecule has 0 aromatic heterocycles. The second kappa shape index (κ2) is 7.47. The number of para-hydroxylation sites is 2. The minimum Gasteiger partial charge on any atom is -0.493 e. The number of methoxy groups -OCH3 is 1. The van der Waals surface area contributed by atoms with Gasteiger partial charge in [-0.15, -0.1) is 0 Å². The van der Waals surface area contributed by atoms with Crippen LogP contribution in [0.1, 0.15) is 32.1 Å². The highest BCUT2D eigenvalue weighted by Crippen LogP contribution is 2.40. The lowest BCUT2D eigenvalue weighted by atomic mass is 9.79. The van der Waals surface area contributed by atoms with Gasteiger partial charge in [-0.3, -0.25) is 4.79 Å². The molecule has 1 aromatic carbocycles. The van der Waals surface area contributed by atoms with Crippen molar-refractivity contribution in [1.82, 2.24) is 9.80 Å². The highest BCUT2D eigenvalue weighted by atomic mass is 16.5. The summed E-state index contributed by atoms with van der Waals surface area (Å²) in [6.07, 6.45) is 6.48. The first kappa shape index (κ1) is 17.7. The van der Waals surface area contributed by atoms with Crippen LogP contribution in [0.5, 0.6) is 11.5 Å². The number of likely N-dealkylation sites (tertiary alicyclic amines) is 2. The van der Waals surface area contributed by atoms with Crippen LogP contribution in [-0.4, -0.2) is 62.1 Å². The van der Waals surface area contributed by atoms with Crippen molar-refractivity contribution in [3.63, 3.8) is 0 Å². The molecule has 1 aromatic rings. The molecule has 2 aliphatic heterocycles. The van der Waals surface area contributed by atoms with Crippen LogP contribution in [0.25, 0.3) is 0 Å². The maximum absolute atomic E-state index is 12.7. The van der Waals surface area contributed by atoms with Crippen LogP contribution < -0.4 is 9.47 Å². The van der Waals surface area contributed by atoms with Gasteiger partial charge in [0.15, 0.2) is 18.1 Å². The highest BCUT2D eigenvalue weighted by Gasteiger charge is 2.43. The molecular formula is C21H30N2O3. The molecule has 4 rings (SSSR count). The second-order valence-corrected chi connectivity index (χ2v) is 8.29. The molecule has 2 heterocycles. The summed E-state index contributed by atoms with van der Waals surface area (Å²) >= 11 is 0. The number of amides is 1. The molecule has 26 heavy (non-hydrogen) atoms. The van der Waals surface area contributed by atoms with E-state index in [1.165, 1.54) is 45.3 Å². The molecule has 0 radical (unpaired) electrons. The molecular weight excluding hydrogens is 328 g/mol. The molecule has 5 heteroatoms. The van der Waals surface area contributed by atoms with Crippen molar-refractivity contribution in [2.24, 2.45) is 11.3 Å². The van der Waals surface area contributed by atoms with E-state index in [1.54, 1.807) is 7.11 Å². The zero-order valence-corrected chi connectivity index (χ0v) is 15.8. The minimum atomic E-state index is 0.0856. The van der Waals surface area contributed by atoms with Gasteiger partial charge in [-0.2, -0.15) is 0 Å². The predicted octanol–water partition coefficient (Wildman–Crippen LogP) is 2.80. The smallest absolute Gasteiger partial charge is 0.260 e. The molecule has 0 unspecified atom stereocenters. The lowest BCUT2D eigenvalue weighted by molar-refractivity contribution is -0.132. The average molecular weight is 358 g/mol. The van der Waals surface area contributed by atoms with E-state index in [-0.39, 0.29) is 12.5 Å². The average Bonchev–Trinajstić information content (AvgIpc) is 3.39. The van der Waals surface area contributed by atoms with Crippen LogP contribution in [0.15, 0.2) is 24.3 Å². The van der Waals surface area contributed by atoms with Crippen molar-refractivity contribution in [3.05, 3.63) is 24.3 Å². The summed E-state index contributed by atoms with van der Waals surface area (Å²) < 4.78 is 11.0. The van der Waals surface area contributed by atoms with Crippen LogP contribution in [0.2, 0.25) is 0 Å². The van der Waals surface area contributed by atoms with Crippen LogP contribution >= 0.6 is 0 Å². The number of ether oxygens (including phenoxy) is 2. The van der Waals surface area contributed by atoms with E-state index in [0.29, 0.717) is 16.9 Å². The van der Waals surface area contributed by atoms with Crippen LogP contribution in [-0.2, 0) is 4.79 Å². The SMILES string of the molecule is COc1ccccc1OCC(=O)N1CC[C@@]2(CCCN(CC3CC3)C2)C1. The molecule has 1 saturated carbocycles. The fourth-order valence-corrected chi connectivity index (χ4v) is 4.58. The standard InChI is InChI=1S/C21H30N2O3/c1-25-18-5-2-3-6-19(18)26-14-20(24)23-12-10-21(16-23)9-4-11-22(15-21)13-17-7-8-17/h2-3,5-6,17H,4,7-16H2,1H3/t21-/m1/s1. The third-order valence-corrected chi connectivity index (χ3v) is 6.17. The van der Waals surface area contributed by atoms with Crippen LogP contribution in [0.4, 0.5) is 0 Å². The Kier molecular flexibility index (Phi) is 5.07. The fourth-order valence-electron chi connectivity index (χ4n) is 4.58. The number of rotatable bonds is 6. The first-order valence-corrected chi connectivity index (χ1v) is 9.93. The predicted molar refractivity (Wildman–Crippen MR) is 101 cm³/mol. The Labute approximate surface area is 156 Å². The third kappa shape index (κ3) is 3.98. The van der Waals surface area contributed by atoms with E-state index in [0.717, 1.165) is 25.4 Å². The van der Waals surface area contributed by atoms with Gasteiger partial charge in [0.25, 0.3) is 5.91 Å². The number of nitrogens with zero attached hydrogens (tertiary/aromatic N) is 2. The number of hydrogen-bond donors (Lipinski definition) is 0. The third-order valence-electron chi connectivity index (χ3n) is 6.17. The maximum Gasteiger partial charge on any atom is 0.260 e. The quantitative estimate of drug-likeness (QED) is 0.784. The molecule has 1 spiro atoms. The molecule has 0 bridgehead atoms. The summed E-state index contributed by atoms with van der Waals surface area (Å²) in [4.78, 5) is 17.3. The van der Waals surface area contributed by atoms with Gasteiger partial charge in [0, 0.05) is 31.6 Å². The Hall–Kier alpha value is -1.75. The second-order valence-electron chi connectivity index (χ2n) is 8.29. The largest absolute Gasteiger partial charge is 0.493 e. The topological polar surface area (TPSA) is 42.0 Å². The Morgan fingerprint density at radius 2 is 1.96 bits per heavy atom. The van der Waals surface area contributed by atoms with Gasteiger partial charge in [0.2, 0.25) is 0 Å². The first-order valence-electron chi connectivity index (χ1n) is 9.93. The Morgan fingerprint density at radius 1 is 1.15 bits per heavy atom.